The molecular formula is C19H28FN5. The van der Waals surface area contributed by atoms with Crippen molar-refractivity contribution < 1.29 is 4.39 Å². The maximum Gasteiger partial charge on any atom is 0.190 e. The van der Waals surface area contributed by atoms with Gasteiger partial charge in [-0.05, 0) is 49.1 Å². The lowest BCUT2D eigenvalue weighted by Gasteiger charge is -2.12. The van der Waals surface area contributed by atoms with Gasteiger partial charge in [-0.25, -0.2) is 9.07 Å². The molecule has 5 nitrogen and oxygen atoms in total. The van der Waals surface area contributed by atoms with Crippen LogP contribution in [0.4, 0.5) is 4.39 Å². The van der Waals surface area contributed by atoms with Gasteiger partial charge in [-0.2, -0.15) is 5.10 Å². The summed E-state index contributed by atoms with van der Waals surface area (Å²) in [6.07, 6.45) is 5.04. The van der Waals surface area contributed by atoms with Crippen molar-refractivity contribution in [3.8, 4) is 5.69 Å². The zero-order valence-corrected chi connectivity index (χ0v) is 15.3. The topological polar surface area (TPSA) is 54.2 Å². The molecule has 1 aromatic carbocycles. The van der Waals surface area contributed by atoms with Gasteiger partial charge >= 0.3 is 0 Å². The second-order valence-corrected chi connectivity index (χ2v) is 6.44. The number of halogens is 1. The van der Waals surface area contributed by atoms with E-state index in [0.29, 0.717) is 0 Å². The highest BCUT2D eigenvalue weighted by molar-refractivity contribution is 5.79. The summed E-state index contributed by atoms with van der Waals surface area (Å²) in [5, 5.41) is 11.1. The molecule has 136 valence electrons. The van der Waals surface area contributed by atoms with Gasteiger partial charge in [0.1, 0.15) is 5.82 Å². The number of hydrogen-bond acceptors (Lipinski definition) is 2. The van der Waals surface area contributed by atoms with Gasteiger partial charge in [0.05, 0.1) is 11.4 Å². The first-order chi connectivity index (χ1) is 12.1. The molecule has 0 atom stereocenters. The van der Waals surface area contributed by atoms with Gasteiger partial charge in [-0.1, -0.05) is 13.8 Å². The largest absolute Gasteiger partial charge is 0.356 e. The summed E-state index contributed by atoms with van der Waals surface area (Å²) in [6, 6.07) is 8.28. The van der Waals surface area contributed by atoms with Gasteiger partial charge in [0, 0.05) is 32.8 Å². The van der Waals surface area contributed by atoms with Crippen molar-refractivity contribution in [3.63, 3.8) is 0 Å². The lowest BCUT2D eigenvalue weighted by molar-refractivity contribution is 0.549. The Kier molecular flexibility index (Phi) is 7.44. The predicted octanol–water partition coefficient (Wildman–Crippen LogP) is 3.16. The molecule has 0 amide bonds. The number of nitrogens with zero attached hydrogens (tertiary/aromatic N) is 3. The normalized spacial score (nSPS) is 11.8. The van der Waals surface area contributed by atoms with E-state index >= 15 is 0 Å². The number of benzene rings is 1. The molecule has 2 N–H and O–H groups in total. The van der Waals surface area contributed by atoms with Crippen LogP contribution in [0.25, 0.3) is 5.69 Å². The zero-order chi connectivity index (χ0) is 18.1. The number of guanidine groups is 1. The Morgan fingerprint density at radius 1 is 1.16 bits per heavy atom. The minimum atomic E-state index is -0.243. The molecule has 0 spiro atoms. The van der Waals surface area contributed by atoms with Crippen LogP contribution >= 0.6 is 0 Å². The zero-order valence-electron chi connectivity index (χ0n) is 15.3. The van der Waals surface area contributed by atoms with Crippen molar-refractivity contribution in [1.29, 1.82) is 0 Å². The van der Waals surface area contributed by atoms with E-state index in [-0.39, 0.29) is 5.82 Å². The van der Waals surface area contributed by atoms with Crippen molar-refractivity contribution in [3.05, 3.63) is 48.0 Å². The third-order valence-corrected chi connectivity index (χ3v) is 3.88. The van der Waals surface area contributed by atoms with Crippen LogP contribution < -0.4 is 10.6 Å². The van der Waals surface area contributed by atoms with E-state index in [9.17, 15) is 4.39 Å². The molecular weight excluding hydrogens is 317 g/mol. The predicted molar refractivity (Wildman–Crippen MR) is 101 cm³/mol. The van der Waals surface area contributed by atoms with E-state index in [1.807, 2.05) is 12.3 Å². The van der Waals surface area contributed by atoms with Gasteiger partial charge in [0.25, 0.3) is 0 Å². The second kappa shape index (κ2) is 9.81. The Morgan fingerprint density at radius 3 is 2.56 bits per heavy atom. The number of hydrogen-bond donors (Lipinski definition) is 2. The SMILES string of the molecule is CN=C(NCCCC(C)C)NCCc1ccn(-c2ccc(F)cc2)n1. The molecule has 0 unspecified atom stereocenters. The molecule has 0 saturated heterocycles. The lowest BCUT2D eigenvalue weighted by Crippen LogP contribution is -2.38. The molecule has 0 aliphatic carbocycles. The summed E-state index contributed by atoms with van der Waals surface area (Å²) >= 11 is 0. The van der Waals surface area contributed by atoms with Gasteiger partial charge in [0.15, 0.2) is 5.96 Å². The Bertz CT molecular complexity index is 661. The molecule has 0 saturated carbocycles. The van der Waals surface area contributed by atoms with Crippen LogP contribution in [-0.2, 0) is 6.42 Å². The van der Waals surface area contributed by atoms with Crippen LogP contribution in [0.3, 0.4) is 0 Å². The summed E-state index contributed by atoms with van der Waals surface area (Å²) in [5.41, 5.74) is 1.83. The molecule has 0 fully saturated rings. The standard InChI is InChI=1S/C19H28FN5/c1-15(2)5-4-12-22-19(21-3)23-13-10-17-11-14-25(24-17)18-8-6-16(20)7-9-18/h6-9,11,14-15H,4-5,10,12-13H2,1-3H3,(H2,21,22,23). The van der Waals surface area contributed by atoms with Crippen LogP contribution in [0, 0.1) is 11.7 Å². The number of aromatic nitrogens is 2. The molecule has 0 aliphatic rings. The van der Waals surface area contributed by atoms with Gasteiger partial charge in [-0.15, -0.1) is 0 Å². The monoisotopic (exact) mass is 345 g/mol. The Labute approximate surface area is 149 Å². The smallest absolute Gasteiger partial charge is 0.190 e. The summed E-state index contributed by atoms with van der Waals surface area (Å²) < 4.78 is 14.7. The Morgan fingerprint density at radius 2 is 1.88 bits per heavy atom. The highest BCUT2D eigenvalue weighted by Crippen LogP contribution is 2.09. The maximum atomic E-state index is 13.0. The van der Waals surface area contributed by atoms with Crippen molar-refractivity contribution in [2.24, 2.45) is 10.9 Å². The van der Waals surface area contributed by atoms with Crippen molar-refractivity contribution >= 4 is 5.96 Å². The molecule has 0 aliphatic heterocycles. The highest BCUT2D eigenvalue weighted by Gasteiger charge is 2.03. The van der Waals surface area contributed by atoms with Crippen LogP contribution in [0.1, 0.15) is 32.4 Å². The van der Waals surface area contributed by atoms with E-state index < -0.39 is 0 Å². The summed E-state index contributed by atoms with van der Waals surface area (Å²) in [7, 11) is 1.78. The fourth-order valence-electron chi connectivity index (χ4n) is 2.48. The highest BCUT2D eigenvalue weighted by atomic mass is 19.1. The number of rotatable bonds is 8. The summed E-state index contributed by atoms with van der Waals surface area (Å²) in [6.45, 7) is 6.15. The first kappa shape index (κ1) is 19.0. The van der Waals surface area contributed by atoms with Gasteiger partial charge in [0.2, 0.25) is 0 Å². The first-order valence-corrected chi connectivity index (χ1v) is 8.83. The molecule has 1 heterocycles. The number of aliphatic imine (C=N–C) groups is 1. The quantitative estimate of drug-likeness (QED) is 0.439. The average Bonchev–Trinajstić information content (AvgIpc) is 3.06. The van der Waals surface area contributed by atoms with Gasteiger partial charge < -0.3 is 10.6 Å². The third kappa shape index (κ3) is 6.57. The first-order valence-electron chi connectivity index (χ1n) is 8.83. The molecule has 6 heteroatoms. The Hall–Kier alpha value is -2.37. The van der Waals surface area contributed by atoms with Crippen LogP contribution in [-0.4, -0.2) is 35.9 Å². The molecule has 0 bridgehead atoms. The minimum Gasteiger partial charge on any atom is -0.356 e. The fourth-order valence-corrected chi connectivity index (χ4v) is 2.48. The molecule has 2 rings (SSSR count). The van der Waals surface area contributed by atoms with Crippen LogP contribution in [0.15, 0.2) is 41.5 Å². The van der Waals surface area contributed by atoms with Crippen LogP contribution in [0.2, 0.25) is 0 Å². The van der Waals surface area contributed by atoms with Gasteiger partial charge in [-0.3, -0.25) is 4.99 Å². The molecule has 2 aromatic rings. The molecule has 0 radical (unpaired) electrons. The van der Waals surface area contributed by atoms with Crippen LogP contribution in [0.5, 0.6) is 0 Å². The Balaban J connectivity index is 1.75. The van der Waals surface area contributed by atoms with E-state index in [1.54, 1.807) is 23.9 Å². The summed E-state index contributed by atoms with van der Waals surface area (Å²) in [5.74, 6) is 1.31. The molecule has 25 heavy (non-hydrogen) atoms. The third-order valence-electron chi connectivity index (χ3n) is 3.88. The van der Waals surface area contributed by atoms with E-state index in [0.717, 1.165) is 49.2 Å². The average molecular weight is 345 g/mol. The second-order valence-electron chi connectivity index (χ2n) is 6.44. The van der Waals surface area contributed by atoms with Crippen molar-refractivity contribution in [2.75, 3.05) is 20.1 Å². The van der Waals surface area contributed by atoms with E-state index in [1.165, 1.54) is 18.6 Å². The minimum absolute atomic E-state index is 0.243. The summed E-state index contributed by atoms with van der Waals surface area (Å²) in [4.78, 5) is 4.23. The maximum absolute atomic E-state index is 13.0. The number of nitrogens with one attached hydrogen (secondary N) is 2. The van der Waals surface area contributed by atoms with E-state index in [2.05, 4.69) is 34.6 Å². The van der Waals surface area contributed by atoms with Crippen molar-refractivity contribution in [1.82, 2.24) is 20.4 Å². The lowest BCUT2D eigenvalue weighted by atomic mass is 10.1. The fraction of sp³-hybridized carbons (Fsp3) is 0.474. The van der Waals surface area contributed by atoms with E-state index in [4.69, 9.17) is 0 Å². The molecule has 1 aromatic heterocycles. The van der Waals surface area contributed by atoms with Crippen molar-refractivity contribution in [2.45, 2.75) is 33.1 Å².